The molecule has 1 aliphatic rings. The molecule has 3 aromatic rings. The van der Waals surface area contributed by atoms with Gasteiger partial charge in [-0.25, -0.2) is 4.79 Å². The number of carbonyl (C=O) groups excluding carboxylic acids is 2. The zero-order chi connectivity index (χ0) is 22.3. The molecular formula is C26H29N3O2S. The SMILES string of the molecule is CCc1ccccc1NC(=O)N(CC(=O)N(Cc1ccccc1)Cc1cccs1)C1CC1. The lowest BCUT2D eigenvalue weighted by Gasteiger charge is -2.28. The molecule has 6 heteroatoms. The summed E-state index contributed by atoms with van der Waals surface area (Å²) >= 11 is 1.64. The van der Waals surface area contributed by atoms with Crippen molar-refractivity contribution in [1.82, 2.24) is 9.80 Å². The van der Waals surface area contributed by atoms with Crippen LogP contribution in [0.1, 0.15) is 35.8 Å². The Kier molecular flexibility index (Phi) is 7.22. The van der Waals surface area contributed by atoms with Gasteiger partial charge in [-0.3, -0.25) is 4.79 Å². The van der Waals surface area contributed by atoms with E-state index in [0.29, 0.717) is 13.1 Å². The van der Waals surface area contributed by atoms with Crippen LogP contribution in [-0.4, -0.2) is 34.3 Å². The van der Waals surface area contributed by atoms with Gasteiger partial charge in [-0.15, -0.1) is 11.3 Å². The maximum atomic E-state index is 13.4. The monoisotopic (exact) mass is 447 g/mol. The third-order valence-corrected chi connectivity index (χ3v) is 6.55. The van der Waals surface area contributed by atoms with Crippen molar-refractivity contribution in [2.75, 3.05) is 11.9 Å². The van der Waals surface area contributed by atoms with Crippen molar-refractivity contribution in [1.29, 1.82) is 0 Å². The van der Waals surface area contributed by atoms with E-state index in [0.717, 1.165) is 41.0 Å². The van der Waals surface area contributed by atoms with E-state index >= 15 is 0 Å². The highest BCUT2D eigenvalue weighted by atomic mass is 32.1. The van der Waals surface area contributed by atoms with Gasteiger partial charge >= 0.3 is 6.03 Å². The Balaban J connectivity index is 1.48. The van der Waals surface area contributed by atoms with Crippen LogP contribution in [0.3, 0.4) is 0 Å². The predicted octanol–water partition coefficient (Wildman–Crippen LogP) is 5.54. The highest BCUT2D eigenvalue weighted by Gasteiger charge is 2.35. The molecule has 3 amide bonds. The van der Waals surface area contributed by atoms with Gasteiger partial charge < -0.3 is 15.1 Å². The van der Waals surface area contributed by atoms with E-state index in [9.17, 15) is 9.59 Å². The average molecular weight is 448 g/mol. The number of hydrogen-bond acceptors (Lipinski definition) is 3. The molecule has 1 heterocycles. The normalized spacial score (nSPS) is 12.9. The number of nitrogens with one attached hydrogen (secondary N) is 1. The van der Waals surface area contributed by atoms with E-state index in [4.69, 9.17) is 0 Å². The fourth-order valence-electron chi connectivity index (χ4n) is 3.76. The molecule has 0 aliphatic heterocycles. The molecule has 0 saturated heterocycles. The molecule has 1 saturated carbocycles. The summed E-state index contributed by atoms with van der Waals surface area (Å²) in [4.78, 5) is 31.2. The van der Waals surface area contributed by atoms with E-state index in [-0.39, 0.29) is 24.5 Å². The first-order valence-corrected chi connectivity index (χ1v) is 12.0. The largest absolute Gasteiger partial charge is 0.332 e. The van der Waals surface area contributed by atoms with Gasteiger partial charge in [-0.2, -0.15) is 0 Å². The summed E-state index contributed by atoms with van der Waals surface area (Å²) in [5, 5.41) is 5.06. The van der Waals surface area contributed by atoms with Gasteiger partial charge in [0.25, 0.3) is 0 Å². The van der Waals surface area contributed by atoms with E-state index in [2.05, 4.69) is 12.2 Å². The fraction of sp³-hybridized carbons (Fsp3) is 0.308. The van der Waals surface area contributed by atoms with Crippen molar-refractivity contribution in [3.05, 3.63) is 88.1 Å². The van der Waals surface area contributed by atoms with E-state index in [1.54, 1.807) is 16.2 Å². The Bertz CT molecular complexity index is 1030. The van der Waals surface area contributed by atoms with Crippen LogP contribution in [0.4, 0.5) is 10.5 Å². The second kappa shape index (κ2) is 10.5. The molecule has 4 rings (SSSR count). The highest BCUT2D eigenvalue weighted by molar-refractivity contribution is 7.09. The van der Waals surface area contributed by atoms with Crippen LogP contribution in [0.15, 0.2) is 72.1 Å². The number of anilines is 1. The maximum absolute atomic E-state index is 13.4. The number of benzene rings is 2. The standard InChI is InChI=1S/C26H29N3O2S/c1-2-21-11-6-7-13-24(21)27-26(31)29(22-14-15-22)19-25(30)28(18-23-12-8-16-32-23)17-20-9-4-3-5-10-20/h3-13,16,22H,2,14-15,17-19H2,1H3,(H,27,31). The third-order valence-electron chi connectivity index (χ3n) is 5.69. The van der Waals surface area contributed by atoms with Crippen molar-refractivity contribution in [2.24, 2.45) is 0 Å². The summed E-state index contributed by atoms with van der Waals surface area (Å²) in [6, 6.07) is 21.8. The topological polar surface area (TPSA) is 52.7 Å². The first kappa shape index (κ1) is 22.1. The molecule has 0 atom stereocenters. The molecule has 1 fully saturated rings. The van der Waals surface area contributed by atoms with Crippen molar-refractivity contribution in [3.63, 3.8) is 0 Å². The number of urea groups is 1. The molecule has 0 bridgehead atoms. The van der Waals surface area contributed by atoms with Crippen LogP contribution in [0.5, 0.6) is 0 Å². The van der Waals surface area contributed by atoms with Gasteiger partial charge in [-0.1, -0.05) is 61.5 Å². The zero-order valence-corrected chi connectivity index (χ0v) is 19.2. The molecule has 1 N–H and O–H groups in total. The van der Waals surface area contributed by atoms with Crippen molar-refractivity contribution in [2.45, 2.75) is 45.3 Å². The summed E-state index contributed by atoms with van der Waals surface area (Å²) in [7, 11) is 0. The summed E-state index contributed by atoms with van der Waals surface area (Å²) in [6.45, 7) is 3.22. The van der Waals surface area contributed by atoms with Crippen molar-refractivity contribution in [3.8, 4) is 0 Å². The Morgan fingerprint density at radius 3 is 2.41 bits per heavy atom. The minimum Gasteiger partial charge on any atom is -0.332 e. The van der Waals surface area contributed by atoms with E-state index < -0.39 is 0 Å². The molecule has 5 nitrogen and oxygen atoms in total. The van der Waals surface area contributed by atoms with Crippen LogP contribution < -0.4 is 5.32 Å². The lowest BCUT2D eigenvalue weighted by Crippen LogP contribution is -2.45. The Hall–Kier alpha value is -3.12. The van der Waals surface area contributed by atoms with E-state index in [1.807, 2.05) is 77.0 Å². The summed E-state index contributed by atoms with van der Waals surface area (Å²) in [5.41, 5.74) is 2.99. The molecular weight excluding hydrogens is 418 g/mol. The smallest absolute Gasteiger partial charge is 0.322 e. The number of amides is 3. The molecule has 0 spiro atoms. The molecule has 0 radical (unpaired) electrons. The maximum Gasteiger partial charge on any atom is 0.322 e. The molecule has 1 aliphatic carbocycles. The average Bonchev–Trinajstić information content (AvgIpc) is 3.53. The van der Waals surface area contributed by atoms with Crippen molar-refractivity contribution >= 4 is 29.0 Å². The van der Waals surface area contributed by atoms with Gasteiger partial charge in [0, 0.05) is 23.2 Å². The number of hydrogen-bond donors (Lipinski definition) is 1. The lowest BCUT2D eigenvalue weighted by molar-refractivity contribution is -0.133. The minimum absolute atomic E-state index is 0.0342. The first-order chi connectivity index (χ1) is 15.6. The summed E-state index contributed by atoms with van der Waals surface area (Å²) < 4.78 is 0. The first-order valence-electron chi connectivity index (χ1n) is 11.1. The number of carbonyl (C=O) groups is 2. The quantitative estimate of drug-likeness (QED) is 0.468. The number of para-hydroxylation sites is 1. The number of rotatable bonds is 9. The number of thiophene rings is 1. The van der Waals surface area contributed by atoms with Gasteiger partial charge in [0.2, 0.25) is 5.91 Å². The summed E-state index contributed by atoms with van der Waals surface area (Å²) in [6.07, 6.45) is 2.73. The lowest BCUT2D eigenvalue weighted by atomic mass is 10.1. The molecule has 2 aromatic carbocycles. The Morgan fingerprint density at radius 2 is 1.72 bits per heavy atom. The Labute approximate surface area is 193 Å². The molecule has 0 unspecified atom stereocenters. The van der Waals surface area contributed by atoms with Crippen LogP contribution >= 0.6 is 11.3 Å². The molecule has 1 aromatic heterocycles. The van der Waals surface area contributed by atoms with Crippen molar-refractivity contribution < 1.29 is 9.59 Å². The Morgan fingerprint density at radius 1 is 0.969 bits per heavy atom. The minimum atomic E-state index is -0.197. The van der Waals surface area contributed by atoms with Gasteiger partial charge in [0.05, 0.1) is 6.54 Å². The molecule has 166 valence electrons. The fourth-order valence-corrected chi connectivity index (χ4v) is 4.48. The molecule has 32 heavy (non-hydrogen) atoms. The number of nitrogens with zero attached hydrogens (tertiary/aromatic N) is 2. The van der Waals surface area contributed by atoms with Crippen LogP contribution in [-0.2, 0) is 24.3 Å². The van der Waals surface area contributed by atoms with E-state index in [1.165, 1.54) is 0 Å². The van der Waals surface area contributed by atoms with Gasteiger partial charge in [-0.05, 0) is 47.9 Å². The van der Waals surface area contributed by atoms with Gasteiger partial charge in [0.1, 0.15) is 6.54 Å². The highest BCUT2D eigenvalue weighted by Crippen LogP contribution is 2.28. The van der Waals surface area contributed by atoms with Gasteiger partial charge in [0.15, 0.2) is 0 Å². The second-order valence-electron chi connectivity index (χ2n) is 8.11. The zero-order valence-electron chi connectivity index (χ0n) is 18.4. The summed E-state index contributed by atoms with van der Waals surface area (Å²) in [5.74, 6) is -0.0342. The van der Waals surface area contributed by atoms with Crippen LogP contribution in [0, 0.1) is 0 Å². The predicted molar refractivity (Wildman–Crippen MR) is 130 cm³/mol. The van der Waals surface area contributed by atoms with Crippen LogP contribution in [0.25, 0.3) is 0 Å². The third kappa shape index (κ3) is 5.77. The second-order valence-corrected chi connectivity index (χ2v) is 9.15. The van der Waals surface area contributed by atoms with Crippen LogP contribution in [0.2, 0.25) is 0 Å². The number of aryl methyl sites for hydroxylation is 1.